The van der Waals surface area contributed by atoms with Crippen molar-refractivity contribution in [1.29, 1.82) is 0 Å². The lowest BCUT2D eigenvalue weighted by atomic mass is 9.86. The van der Waals surface area contributed by atoms with Crippen molar-refractivity contribution < 1.29 is 0 Å². The molecule has 1 atom stereocenters. The molecule has 0 bridgehead atoms. The minimum absolute atomic E-state index is 0.469. The first-order valence-electron chi connectivity index (χ1n) is 4.64. The zero-order valence-corrected chi connectivity index (χ0v) is 8.91. The summed E-state index contributed by atoms with van der Waals surface area (Å²) in [5.74, 6) is 0. The average molecular weight is 222 g/mol. The smallest absolute Gasteiger partial charge is 0.101 e. The fraction of sp³-hybridized carbons (Fsp3) is 0.182. The van der Waals surface area contributed by atoms with Gasteiger partial charge in [-0.15, -0.1) is 0 Å². The highest BCUT2D eigenvalue weighted by molar-refractivity contribution is 6.30. The maximum atomic E-state index is 6.22. The monoisotopic (exact) mass is 221 g/mol. The van der Waals surface area contributed by atoms with Crippen LogP contribution in [-0.2, 0) is 5.54 Å². The van der Waals surface area contributed by atoms with E-state index in [1.165, 1.54) is 0 Å². The Morgan fingerprint density at radius 3 is 2.53 bits per heavy atom. The van der Waals surface area contributed by atoms with Crippen LogP contribution in [0.15, 0.2) is 41.0 Å². The number of dihydropyridines is 1. The summed E-state index contributed by atoms with van der Waals surface area (Å²) < 4.78 is 0. The third kappa shape index (κ3) is 1.76. The maximum absolute atomic E-state index is 6.22. The van der Waals surface area contributed by atoms with Crippen LogP contribution >= 0.6 is 11.6 Å². The van der Waals surface area contributed by atoms with Gasteiger partial charge in [0.1, 0.15) is 5.54 Å². The highest BCUT2D eigenvalue weighted by Crippen LogP contribution is 2.26. The van der Waals surface area contributed by atoms with Gasteiger partial charge in [0.05, 0.1) is 6.54 Å². The molecular weight excluding hydrogens is 210 g/mol. The van der Waals surface area contributed by atoms with E-state index in [4.69, 9.17) is 23.1 Å². The number of aliphatic imine (C=N–C) groups is 1. The van der Waals surface area contributed by atoms with Gasteiger partial charge in [-0.3, -0.25) is 4.99 Å². The van der Waals surface area contributed by atoms with E-state index in [1.807, 2.05) is 12.1 Å². The van der Waals surface area contributed by atoms with Gasteiger partial charge in [-0.2, -0.15) is 0 Å². The molecule has 0 fully saturated rings. The van der Waals surface area contributed by atoms with E-state index in [1.54, 1.807) is 24.4 Å². The fourth-order valence-corrected chi connectivity index (χ4v) is 1.70. The van der Waals surface area contributed by atoms with Crippen LogP contribution in [0, 0.1) is 0 Å². The number of benzene rings is 1. The number of hydrogen-bond acceptors (Lipinski definition) is 3. The van der Waals surface area contributed by atoms with Crippen LogP contribution in [0.5, 0.6) is 0 Å². The number of halogens is 1. The summed E-state index contributed by atoms with van der Waals surface area (Å²) in [7, 11) is 0. The summed E-state index contributed by atoms with van der Waals surface area (Å²) in [6.07, 6.45) is 3.41. The molecule has 2 rings (SSSR count). The standard InChI is InChI=1S/C11H12ClN3/c12-9-3-1-8(2-4-9)11(14)7-15-6-5-10(11)13/h1-6H,7,13-14H2/t11-/m1/s1. The van der Waals surface area contributed by atoms with E-state index in [0.29, 0.717) is 17.3 Å². The van der Waals surface area contributed by atoms with E-state index >= 15 is 0 Å². The summed E-state index contributed by atoms with van der Waals surface area (Å²) in [4.78, 5) is 4.14. The second-order valence-electron chi connectivity index (χ2n) is 3.59. The molecule has 0 aromatic heterocycles. The molecule has 0 spiro atoms. The summed E-state index contributed by atoms with van der Waals surface area (Å²) in [6.45, 7) is 0.469. The van der Waals surface area contributed by atoms with E-state index < -0.39 is 5.54 Å². The number of allylic oxidation sites excluding steroid dienone is 1. The van der Waals surface area contributed by atoms with Crippen molar-refractivity contribution in [3.63, 3.8) is 0 Å². The lowest BCUT2D eigenvalue weighted by Crippen LogP contribution is -2.46. The fourth-order valence-electron chi connectivity index (χ4n) is 1.57. The molecule has 0 unspecified atom stereocenters. The number of hydrogen-bond donors (Lipinski definition) is 2. The van der Waals surface area contributed by atoms with Crippen molar-refractivity contribution in [3.8, 4) is 0 Å². The minimum atomic E-state index is -0.695. The zero-order chi connectivity index (χ0) is 10.9. The SMILES string of the molecule is NC1=CC=NC[C@@]1(N)c1ccc(Cl)cc1. The van der Waals surface area contributed by atoms with E-state index in [-0.39, 0.29) is 0 Å². The third-order valence-corrected chi connectivity index (χ3v) is 2.83. The largest absolute Gasteiger partial charge is 0.400 e. The van der Waals surface area contributed by atoms with Crippen molar-refractivity contribution in [2.75, 3.05) is 6.54 Å². The van der Waals surface area contributed by atoms with Gasteiger partial charge in [-0.1, -0.05) is 23.7 Å². The topological polar surface area (TPSA) is 64.4 Å². The Labute approximate surface area is 93.4 Å². The number of nitrogens with zero attached hydrogens (tertiary/aromatic N) is 1. The summed E-state index contributed by atoms with van der Waals surface area (Å²) in [5, 5.41) is 0.684. The van der Waals surface area contributed by atoms with Crippen LogP contribution in [0.2, 0.25) is 5.02 Å². The minimum Gasteiger partial charge on any atom is -0.400 e. The normalized spacial score (nSPS) is 25.1. The first-order chi connectivity index (χ1) is 7.13. The van der Waals surface area contributed by atoms with Gasteiger partial charge in [0.25, 0.3) is 0 Å². The summed E-state index contributed by atoms with van der Waals surface area (Å²) in [6, 6.07) is 7.36. The molecule has 1 heterocycles. The van der Waals surface area contributed by atoms with Gasteiger partial charge in [0, 0.05) is 16.9 Å². The Kier molecular flexibility index (Phi) is 2.50. The summed E-state index contributed by atoms with van der Waals surface area (Å²) >= 11 is 5.82. The molecule has 1 aromatic rings. The third-order valence-electron chi connectivity index (χ3n) is 2.57. The second-order valence-corrected chi connectivity index (χ2v) is 4.03. The summed E-state index contributed by atoms with van der Waals surface area (Å²) in [5.41, 5.74) is 13.0. The Morgan fingerprint density at radius 1 is 1.27 bits per heavy atom. The molecule has 0 aliphatic carbocycles. The van der Waals surface area contributed by atoms with Gasteiger partial charge in [0.15, 0.2) is 0 Å². The van der Waals surface area contributed by atoms with Gasteiger partial charge in [-0.05, 0) is 23.8 Å². The van der Waals surface area contributed by atoms with Crippen LogP contribution in [0.25, 0.3) is 0 Å². The first kappa shape index (κ1) is 10.2. The highest BCUT2D eigenvalue weighted by atomic mass is 35.5. The predicted octanol–water partition coefficient (Wildman–Crippen LogP) is 1.42. The van der Waals surface area contributed by atoms with Gasteiger partial charge >= 0.3 is 0 Å². The molecule has 0 amide bonds. The Hall–Kier alpha value is -1.32. The molecule has 4 N–H and O–H groups in total. The van der Waals surface area contributed by atoms with Crippen molar-refractivity contribution in [1.82, 2.24) is 0 Å². The molecule has 1 aliphatic heterocycles. The van der Waals surface area contributed by atoms with Gasteiger partial charge in [-0.25, -0.2) is 0 Å². The molecule has 15 heavy (non-hydrogen) atoms. The number of nitrogens with two attached hydrogens (primary N) is 2. The van der Waals surface area contributed by atoms with Gasteiger partial charge < -0.3 is 11.5 Å². The second kappa shape index (κ2) is 3.68. The Balaban J connectivity index is 2.42. The van der Waals surface area contributed by atoms with Crippen molar-refractivity contribution in [3.05, 3.63) is 46.6 Å². The van der Waals surface area contributed by atoms with Crippen LogP contribution in [0.1, 0.15) is 5.56 Å². The predicted molar refractivity (Wildman–Crippen MR) is 62.9 cm³/mol. The van der Waals surface area contributed by atoms with E-state index in [0.717, 1.165) is 5.56 Å². The first-order valence-corrected chi connectivity index (χ1v) is 5.02. The molecule has 1 aromatic carbocycles. The average Bonchev–Trinajstić information content (AvgIpc) is 2.23. The Morgan fingerprint density at radius 2 is 1.93 bits per heavy atom. The van der Waals surface area contributed by atoms with Crippen LogP contribution in [0.4, 0.5) is 0 Å². The number of rotatable bonds is 1. The van der Waals surface area contributed by atoms with Crippen molar-refractivity contribution >= 4 is 17.8 Å². The van der Waals surface area contributed by atoms with E-state index in [2.05, 4.69) is 4.99 Å². The molecule has 4 heteroatoms. The molecule has 3 nitrogen and oxygen atoms in total. The quantitative estimate of drug-likeness (QED) is 0.754. The maximum Gasteiger partial charge on any atom is 0.101 e. The Bertz CT molecular complexity index is 422. The molecular formula is C11H12ClN3. The van der Waals surface area contributed by atoms with Crippen LogP contribution in [0.3, 0.4) is 0 Å². The molecule has 78 valence electrons. The van der Waals surface area contributed by atoms with Crippen molar-refractivity contribution in [2.24, 2.45) is 16.5 Å². The molecule has 0 radical (unpaired) electrons. The van der Waals surface area contributed by atoms with Gasteiger partial charge in [0.2, 0.25) is 0 Å². The molecule has 0 saturated heterocycles. The van der Waals surface area contributed by atoms with E-state index in [9.17, 15) is 0 Å². The lowest BCUT2D eigenvalue weighted by molar-refractivity contribution is 0.530. The van der Waals surface area contributed by atoms with Crippen LogP contribution < -0.4 is 11.5 Å². The van der Waals surface area contributed by atoms with Crippen molar-refractivity contribution in [2.45, 2.75) is 5.54 Å². The lowest BCUT2D eigenvalue weighted by Gasteiger charge is -2.30. The van der Waals surface area contributed by atoms with Crippen LogP contribution in [-0.4, -0.2) is 12.8 Å². The molecule has 1 aliphatic rings. The highest BCUT2D eigenvalue weighted by Gasteiger charge is 2.31. The zero-order valence-electron chi connectivity index (χ0n) is 8.15. The molecule has 0 saturated carbocycles.